The lowest BCUT2D eigenvalue weighted by molar-refractivity contribution is -0.268. The maximum atomic E-state index is 12.6. The molecule has 0 spiro atoms. The topological polar surface area (TPSA) is 168 Å². The number of benzene rings is 2. The molecule has 2 aromatic carbocycles. The monoisotopic (exact) mass is 674 g/mol. The Bertz CT molecular complexity index is 1830. The Labute approximate surface area is 282 Å². The average Bonchev–Trinajstić information content (AvgIpc) is 3.02. The molecule has 13 nitrogen and oxygen atoms in total. The fourth-order valence-corrected chi connectivity index (χ4v) is 5.69. The molecule has 1 aliphatic rings. The number of aromatic nitrogens is 1. The Morgan fingerprint density at radius 2 is 1.42 bits per heavy atom. The predicted octanol–water partition coefficient (Wildman–Crippen LogP) is 6.04. The fraction of sp³-hybridized carbons (Fsp3) is 0.353. The number of carbonyl (C=O) groups is 4. The molecule has 3 aromatic rings. The number of rotatable bonds is 9. The Morgan fingerprint density at radius 3 is 1.98 bits per heavy atom. The molecule has 48 heavy (non-hydrogen) atoms. The summed E-state index contributed by atoms with van der Waals surface area (Å²) in [5.74, 6) is -3.01. The summed E-state index contributed by atoms with van der Waals surface area (Å²) in [5, 5.41) is 19.4. The molecule has 1 fully saturated rings. The quantitative estimate of drug-likeness (QED) is 0.112. The van der Waals surface area contributed by atoms with Crippen molar-refractivity contribution in [2.24, 2.45) is 10.2 Å². The van der Waals surface area contributed by atoms with Crippen LogP contribution in [0.5, 0.6) is 0 Å². The van der Waals surface area contributed by atoms with Crippen molar-refractivity contribution in [2.45, 2.75) is 72.2 Å². The summed E-state index contributed by atoms with van der Waals surface area (Å²) in [7, 11) is 0. The molecule has 0 bridgehead atoms. The first-order valence-corrected chi connectivity index (χ1v) is 15.3. The second-order valence-corrected chi connectivity index (χ2v) is 11.4. The fourth-order valence-electron chi connectivity index (χ4n) is 5.29. The van der Waals surface area contributed by atoms with Gasteiger partial charge in [0.1, 0.15) is 29.1 Å². The first-order valence-electron chi connectivity index (χ1n) is 14.9. The summed E-state index contributed by atoms with van der Waals surface area (Å²) in [6, 6.07) is 18.4. The third-order valence-corrected chi connectivity index (χ3v) is 7.71. The predicted molar refractivity (Wildman–Crippen MR) is 173 cm³/mol. The van der Waals surface area contributed by atoms with Crippen molar-refractivity contribution < 1.29 is 42.9 Å². The third kappa shape index (κ3) is 8.17. The number of nitriles is 1. The number of aryl methyl sites for hydroxylation is 1. The molecular formula is C34H34N4O9S. The Balaban J connectivity index is 2.08. The van der Waals surface area contributed by atoms with Gasteiger partial charge in [-0.25, -0.2) is 0 Å². The van der Waals surface area contributed by atoms with E-state index in [1.54, 1.807) is 49.4 Å². The van der Waals surface area contributed by atoms with Gasteiger partial charge in [-0.15, -0.1) is 5.11 Å². The van der Waals surface area contributed by atoms with Gasteiger partial charge in [-0.2, -0.15) is 10.4 Å². The SMILES string of the molecule is CC(=O)OC[C@@H]1O[C@@H](n2c(-c3ccccc3)c(N=Nc3ccc(C)cc3)c(C)c(C#N)c2=S)[C@H](OC(C)=O)[C@H](OC(C)=O)[C@@H]1OC(C)=O. The highest BCUT2D eigenvalue weighted by molar-refractivity contribution is 7.71. The molecule has 0 saturated carbocycles. The Morgan fingerprint density at radius 1 is 0.833 bits per heavy atom. The van der Waals surface area contributed by atoms with Crippen LogP contribution in [0.15, 0.2) is 64.8 Å². The van der Waals surface area contributed by atoms with Crippen LogP contribution in [0.2, 0.25) is 0 Å². The maximum absolute atomic E-state index is 12.6. The smallest absolute Gasteiger partial charge is 0.303 e. The minimum absolute atomic E-state index is 0.0240. The van der Waals surface area contributed by atoms with E-state index in [0.29, 0.717) is 22.5 Å². The zero-order chi connectivity index (χ0) is 35.1. The van der Waals surface area contributed by atoms with Crippen molar-refractivity contribution in [3.05, 3.63) is 75.9 Å². The third-order valence-electron chi connectivity index (χ3n) is 7.31. The van der Waals surface area contributed by atoms with Gasteiger partial charge in [0.15, 0.2) is 24.5 Å². The van der Waals surface area contributed by atoms with E-state index in [-0.39, 0.29) is 15.9 Å². The van der Waals surface area contributed by atoms with E-state index < -0.39 is 61.1 Å². The number of hydrogen-bond donors (Lipinski definition) is 0. The zero-order valence-electron chi connectivity index (χ0n) is 27.2. The van der Waals surface area contributed by atoms with Crippen molar-refractivity contribution in [2.75, 3.05) is 6.61 Å². The molecule has 0 N–H and O–H groups in total. The van der Waals surface area contributed by atoms with Gasteiger partial charge in [0.25, 0.3) is 0 Å². The lowest BCUT2D eigenvalue weighted by Crippen LogP contribution is -2.60. The molecule has 1 aliphatic heterocycles. The highest BCUT2D eigenvalue weighted by Gasteiger charge is 2.53. The van der Waals surface area contributed by atoms with E-state index in [9.17, 15) is 24.4 Å². The van der Waals surface area contributed by atoms with Gasteiger partial charge < -0.3 is 23.7 Å². The molecule has 14 heteroatoms. The Hall–Kier alpha value is -5.26. The van der Waals surface area contributed by atoms with E-state index in [1.807, 2.05) is 19.1 Å². The van der Waals surface area contributed by atoms with E-state index in [1.165, 1.54) is 11.5 Å². The second kappa shape index (κ2) is 15.6. The normalized spacial score (nSPS) is 20.4. The number of hydrogen-bond acceptors (Lipinski definition) is 13. The van der Waals surface area contributed by atoms with E-state index in [0.717, 1.165) is 26.3 Å². The minimum Gasteiger partial charge on any atom is -0.463 e. The highest BCUT2D eigenvalue weighted by atomic mass is 32.1. The van der Waals surface area contributed by atoms with E-state index in [4.69, 9.17) is 35.9 Å². The number of nitrogens with zero attached hydrogens (tertiary/aromatic N) is 4. The van der Waals surface area contributed by atoms with Crippen LogP contribution in [-0.2, 0) is 42.9 Å². The summed E-state index contributed by atoms with van der Waals surface area (Å²) in [5.41, 5.74) is 3.18. The lowest BCUT2D eigenvalue weighted by Gasteiger charge is -2.45. The summed E-state index contributed by atoms with van der Waals surface area (Å²) < 4.78 is 30.1. The molecule has 0 unspecified atom stereocenters. The van der Waals surface area contributed by atoms with Gasteiger partial charge in [-0.3, -0.25) is 23.7 Å². The molecule has 5 atom stereocenters. The summed E-state index contributed by atoms with van der Waals surface area (Å²) in [6.07, 6.45) is -7.04. The zero-order valence-corrected chi connectivity index (χ0v) is 28.0. The van der Waals surface area contributed by atoms with Crippen LogP contribution in [0.3, 0.4) is 0 Å². The van der Waals surface area contributed by atoms with Crippen molar-refractivity contribution in [3.63, 3.8) is 0 Å². The molecule has 1 saturated heterocycles. The number of azo groups is 1. The van der Waals surface area contributed by atoms with Crippen LogP contribution in [-0.4, -0.2) is 59.5 Å². The minimum atomic E-state index is -1.49. The summed E-state index contributed by atoms with van der Waals surface area (Å²) >= 11 is 5.90. The second-order valence-electron chi connectivity index (χ2n) is 11.0. The van der Waals surface area contributed by atoms with Crippen LogP contribution in [0.1, 0.15) is 50.6 Å². The number of carbonyl (C=O) groups excluding carboxylic acids is 4. The average molecular weight is 675 g/mol. The van der Waals surface area contributed by atoms with Crippen molar-refractivity contribution in [1.82, 2.24) is 4.57 Å². The molecule has 0 aliphatic carbocycles. The van der Waals surface area contributed by atoms with Crippen LogP contribution in [0.25, 0.3) is 11.3 Å². The van der Waals surface area contributed by atoms with Crippen molar-refractivity contribution >= 4 is 47.5 Å². The standard InChI is InChI=1S/C34H34N4O9S/c1-18-12-14-25(15-13-18)36-37-28-19(2)26(16-35)34(48)38(29(28)24-10-8-7-9-11-24)33-32(46-23(6)42)31(45-22(5)41)30(44-21(4)40)27(47-33)17-43-20(3)39/h7-15,27,30-33H,17H2,1-6H3/t27-,30+,31+,32+,33+/m0/s1. The Kier molecular flexibility index (Phi) is 11.5. The van der Waals surface area contributed by atoms with Gasteiger partial charge in [0.05, 0.1) is 16.9 Å². The number of ether oxygens (including phenoxy) is 5. The van der Waals surface area contributed by atoms with Crippen molar-refractivity contribution in [1.29, 1.82) is 5.26 Å². The molecule has 1 aromatic heterocycles. The molecular weight excluding hydrogens is 640 g/mol. The molecule has 4 rings (SSSR count). The number of esters is 4. The van der Waals surface area contributed by atoms with Crippen LogP contribution >= 0.6 is 12.2 Å². The molecule has 2 heterocycles. The van der Waals surface area contributed by atoms with E-state index in [2.05, 4.69) is 16.3 Å². The maximum Gasteiger partial charge on any atom is 0.303 e. The summed E-state index contributed by atoms with van der Waals surface area (Å²) in [6.45, 7) is 7.76. The number of pyridine rings is 1. The first-order chi connectivity index (χ1) is 22.8. The largest absolute Gasteiger partial charge is 0.463 e. The van der Waals surface area contributed by atoms with Gasteiger partial charge in [-0.05, 0) is 31.5 Å². The summed E-state index contributed by atoms with van der Waals surface area (Å²) in [4.78, 5) is 49.2. The van der Waals surface area contributed by atoms with Crippen LogP contribution in [0, 0.1) is 29.8 Å². The van der Waals surface area contributed by atoms with Crippen LogP contribution < -0.4 is 0 Å². The lowest BCUT2D eigenvalue weighted by atomic mass is 9.95. The molecule has 0 radical (unpaired) electrons. The van der Waals surface area contributed by atoms with E-state index >= 15 is 0 Å². The van der Waals surface area contributed by atoms with Gasteiger partial charge in [0.2, 0.25) is 0 Å². The van der Waals surface area contributed by atoms with Crippen LogP contribution in [0.4, 0.5) is 11.4 Å². The highest BCUT2D eigenvalue weighted by Crippen LogP contribution is 2.43. The molecule has 250 valence electrons. The van der Waals surface area contributed by atoms with Gasteiger partial charge in [-0.1, -0.05) is 60.2 Å². The van der Waals surface area contributed by atoms with Gasteiger partial charge >= 0.3 is 23.9 Å². The van der Waals surface area contributed by atoms with Crippen molar-refractivity contribution in [3.8, 4) is 17.3 Å². The molecule has 0 amide bonds. The van der Waals surface area contributed by atoms with Gasteiger partial charge in [0, 0.05) is 33.3 Å². The first kappa shape index (κ1) is 35.6.